The lowest BCUT2D eigenvalue weighted by atomic mass is 10.0. The van der Waals surface area contributed by atoms with Crippen molar-refractivity contribution in [1.82, 2.24) is 5.32 Å². The maximum atomic E-state index is 10.8. The van der Waals surface area contributed by atoms with Gasteiger partial charge < -0.3 is 20.9 Å². The molecule has 0 aliphatic carbocycles. The zero-order valence-electron chi connectivity index (χ0n) is 11.2. The van der Waals surface area contributed by atoms with Gasteiger partial charge in [0.25, 0.3) is 0 Å². The Bertz CT molecular complexity index is 220. The molecule has 0 rings (SSSR count). The largest absolute Gasteiger partial charge is 0.389 e. The molecule has 0 spiro atoms. The topological polar surface area (TPSA) is 84.6 Å². The first-order chi connectivity index (χ1) is 7.87. The van der Waals surface area contributed by atoms with Gasteiger partial charge in [-0.05, 0) is 20.3 Å². The van der Waals surface area contributed by atoms with E-state index < -0.39 is 11.6 Å². The summed E-state index contributed by atoms with van der Waals surface area (Å²) in [4.78, 5) is 10.8. The molecule has 0 saturated heterocycles. The Morgan fingerprint density at radius 3 is 2.71 bits per heavy atom. The number of hydrogen-bond donors (Lipinski definition) is 3. The van der Waals surface area contributed by atoms with Gasteiger partial charge in [-0.15, -0.1) is 0 Å². The molecule has 0 heterocycles. The minimum Gasteiger partial charge on any atom is -0.389 e. The van der Waals surface area contributed by atoms with Crippen molar-refractivity contribution >= 4 is 5.91 Å². The first-order valence-corrected chi connectivity index (χ1v) is 6.16. The van der Waals surface area contributed by atoms with Gasteiger partial charge in [0, 0.05) is 25.1 Å². The molecule has 1 unspecified atom stereocenters. The number of amides is 1. The van der Waals surface area contributed by atoms with E-state index in [1.807, 2.05) is 13.8 Å². The Labute approximate surface area is 104 Å². The number of aliphatic hydroxyl groups excluding tert-OH is 1. The van der Waals surface area contributed by atoms with Crippen LogP contribution >= 0.6 is 0 Å². The number of carbonyl (C=O) groups excluding carboxylic acids is 1. The Kier molecular flexibility index (Phi) is 8.12. The van der Waals surface area contributed by atoms with Crippen LogP contribution in [-0.4, -0.2) is 42.4 Å². The van der Waals surface area contributed by atoms with Crippen LogP contribution in [0.1, 0.15) is 40.0 Å². The molecule has 0 aromatic rings. The molecule has 0 aromatic carbocycles. The van der Waals surface area contributed by atoms with Crippen LogP contribution in [0.5, 0.6) is 0 Å². The minimum absolute atomic E-state index is 0.246. The average Bonchev–Trinajstić information content (AvgIpc) is 2.20. The first kappa shape index (κ1) is 16.4. The zero-order chi connectivity index (χ0) is 13.3. The third-order valence-corrected chi connectivity index (χ3v) is 2.38. The van der Waals surface area contributed by atoms with Crippen molar-refractivity contribution in [3.05, 3.63) is 0 Å². The molecular weight excluding hydrogens is 220 g/mol. The lowest BCUT2D eigenvalue weighted by molar-refractivity contribution is -0.119. The van der Waals surface area contributed by atoms with Crippen LogP contribution in [0.3, 0.4) is 0 Å². The third-order valence-electron chi connectivity index (χ3n) is 2.38. The fraction of sp³-hybridized carbons (Fsp3) is 0.917. The number of carbonyl (C=O) groups is 1. The molecule has 102 valence electrons. The van der Waals surface area contributed by atoms with E-state index in [0.29, 0.717) is 19.8 Å². The molecule has 0 saturated carbocycles. The van der Waals surface area contributed by atoms with Gasteiger partial charge >= 0.3 is 0 Å². The van der Waals surface area contributed by atoms with Crippen molar-refractivity contribution in [2.75, 3.05) is 19.8 Å². The summed E-state index contributed by atoms with van der Waals surface area (Å²) in [5.41, 5.74) is 4.74. The highest BCUT2D eigenvalue weighted by Gasteiger charge is 2.20. The van der Waals surface area contributed by atoms with Gasteiger partial charge in [-0.25, -0.2) is 0 Å². The summed E-state index contributed by atoms with van der Waals surface area (Å²) < 4.78 is 5.30. The number of ether oxygens (including phenoxy) is 1. The Morgan fingerprint density at radius 2 is 2.18 bits per heavy atom. The maximum Gasteiger partial charge on any atom is 0.219 e. The monoisotopic (exact) mass is 246 g/mol. The number of nitrogens with two attached hydrogens (primary N) is 1. The van der Waals surface area contributed by atoms with Crippen LogP contribution in [-0.2, 0) is 9.53 Å². The summed E-state index contributed by atoms with van der Waals surface area (Å²) >= 11 is 0. The van der Waals surface area contributed by atoms with E-state index in [4.69, 9.17) is 10.5 Å². The Morgan fingerprint density at radius 1 is 1.53 bits per heavy atom. The number of hydrogen-bond acceptors (Lipinski definition) is 4. The number of β-amino-alcohol motifs (C(OH)–C–C–N with tert-alkyl or cyclic N) is 1. The minimum atomic E-state index is -0.556. The third kappa shape index (κ3) is 10.2. The fourth-order valence-corrected chi connectivity index (χ4v) is 1.42. The van der Waals surface area contributed by atoms with Gasteiger partial charge in [0.15, 0.2) is 0 Å². The number of aliphatic hydroxyl groups is 1. The van der Waals surface area contributed by atoms with Gasteiger partial charge in [0.2, 0.25) is 5.91 Å². The van der Waals surface area contributed by atoms with E-state index in [1.54, 1.807) is 0 Å². The van der Waals surface area contributed by atoms with Crippen LogP contribution in [0.4, 0.5) is 0 Å². The average molecular weight is 246 g/mol. The predicted molar refractivity (Wildman–Crippen MR) is 67.6 cm³/mol. The molecule has 0 radical (unpaired) electrons. The standard InChI is InChI=1S/C12H26N2O3/c1-4-5-6-17-9-10(15)8-14-12(2,3)7-11(13)16/h10,14-15H,4-9H2,1-3H3,(H2,13,16). The van der Waals surface area contributed by atoms with Gasteiger partial charge in [0.05, 0.1) is 12.7 Å². The van der Waals surface area contributed by atoms with Crippen molar-refractivity contribution in [3.8, 4) is 0 Å². The number of unbranched alkanes of at least 4 members (excludes halogenated alkanes) is 1. The Hall–Kier alpha value is -0.650. The second-order valence-electron chi connectivity index (χ2n) is 4.99. The summed E-state index contributed by atoms with van der Waals surface area (Å²) in [6.45, 7) is 7.24. The smallest absolute Gasteiger partial charge is 0.219 e. The highest BCUT2D eigenvalue weighted by molar-refractivity contribution is 5.74. The molecule has 5 heteroatoms. The molecule has 1 atom stereocenters. The molecule has 1 amide bonds. The van der Waals surface area contributed by atoms with Crippen LogP contribution in [0, 0.1) is 0 Å². The molecular formula is C12H26N2O3. The molecule has 0 fully saturated rings. The van der Waals surface area contributed by atoms with Gasteiger partial charge in [-0.3, -0.25) is 4.79 Å². The molecule has 4 N–H and O–H groups in total. The summed E-state index contributed by atoms with van der Waals surface area (Å²) in [7, 11) is 0. The van der Waals surface area contributed by atoms with Gasteiger partial charge in [0.1, 0.15) is 0 Å². The van der Waals surface area contributed by atoms with Crippen molar-refractivity contribution < 1.29 is 14.6 Å². The van der Waals surface area contributed by atoms with E-state index >= 15 is 0 Å². The SMILES string of the molecule is CCCCOCC(O)CNC(C)(C)CC(N)=O. The van der Waals surface area contributed by atoms with Crippen molar-refractivity contribution in [3.63, 3.8) is 0 Å². The van der Waals surface area contributed by atoms with Crippen molar-refractivity contribution in [1.29, 1.82) is 0 Å². The van der Waals surface area contributed by atoms with Crippen LogP contribution < -0.4 is 11.1 Å². The van der Waals surface area contributed by atoms with E-state index in [1.165, 1.54) is 0 Å². The second-order valence-corrected chi connectivity index (χ2v) is 4.99. The molecule has 0 aliphatic rings. The molecule has 0 aliphatic heterocycles. The lowest BCUT2D eigenvalue weighted by Gasteiger charge is -2.26. The van der Waals surface area contributed by atoms with Crippen LogP contribution in [0.15, 0.2) is 0 Å². The van der Waals surface area contributed by atoms with E-state index in [-0.39, 0.29) is 12.3 Å². The molecule has 0 aromatic heterocycles. The molecule has 0 bridgehead atoms. The van der Waals surface area contributed by atoms with Crippen LogP contribution in [0.2, 0.25) is 0 Å². The second kappa shape index (κ2) is 8.44. The summed E-state index contributed by atoms with van der Waals surface area (Å²) in [5.74, 6) is -0.351. The van der Waals surface area contributed by atoms with Crippen molar-refractivity contribution in [2.45, 2.75) is 51.7 Å². The van der Waals surface area contributed by atoms with Crippen LogP contribution in [0.25, 0.3) is 0 Å². The van der Waals surface area contributed by atoms with E-state index in [2.05, 4.69) is 12.2 Å². The number of nitrogens with one attached hydrogen (secondary N) is 1. The number of rotatable bonds is 10. The van der Waals surface area contributed by atoms with Gasteiger partial charge in [-0.2, -0.15) is 0 Å². The van der Waals surface area contributed by atoms with E-state index in [0.717, 1.165) is 12.8 Å². The first-order valence-electron chi connectivity index (χ1n) is 6.16. The van der Waals surface area contributed by atoms with E-state index in [9.17, 15) is 9.90 Å². The van der Waals surface area contributed by atoms with Crippen molar-refractivity contribution in [2.24, 2.45) is 5.73 Å². The summed E-state index contributed by atoms with van der Waals surface area (Å²) in [6.07, 6.45) is 1.78. The Balaban J connectivity index is 3.67. The lowest BCUT2D eigenvalue weighted by Crippen LogP contribution is -2.46. The zero-order valence-corrected chi connectivity index (χ0v) is 11.2. The molecule has 17 heavy (non-hydrogen) atoms. The normalized spacial score (nSPS) is 13.6. The fourth-order valence-electron chi connectivity index (χ4n) is 1.42. The maximum absolute atomic E-state index is 10.8. The highest BCUT2D eigenvalue weighted by atomic mass is 16.5. The highest BCUT2D eigenvalue weighted by Crippen LogP contribution is 2.07. The number of primary amides is 1. The summed E-state index contributed by atoms with van der Waals surface area (Å²) in [5, 5.41) is 12.7. The van der Waals surface area contributed by atoms with Gasteiger partial charge in [-0.1, -0.05) is 13.3 Å². The predicted octanol–water partition coefficient (Wildman–Crippen LogP) is 0.408. The molecule has 5 nitrogen and oxygen atoms in total. The quantitative estimate of drug-likeness (QED) is 0.487. The summed E-state index contributed by atoms with van der Waals surface area (Å²) in [6, 6.07) is 0.